The van der Waals surface area contributed by atoms with Gasteiger partial charge in [0, 0.05) is 13.5 Å². The van der Waals surface area contributed by atoms with Gasteiger partial charge < -0.3 is 0 Å². The Hall–Kier alpha value is -1.61. The number of allylic oxidation sites excluding steroid dienone is 2. The van der Waals surface area contributed by atoms with E-state index in [4.69, 9.17) is 4.84 Å². The largest absolute Gasteiger partial charge is 0.275 e. The highest BCUT2D eigenvalue weighted by Crippen LogP contribution is 2.04. The van der Waals surface area contributed by atoms with Crippen LogP contribution in [-0.4, -0.2) is 25.1 Å². The van der Waals surface area contributed by atoms with Crippen molar-refractivity contribution in [2.75, 3.05) is 14.2 Å². The van der Waals surface area contributed by atoms with Crippen molar-refractivity contribution >= 4 is 5.91 Å². The Morgan fingerprint density at radius 2 is 1.89 bits per heavy atom. The van der Waals surface area contributed by atoms with Crippen molar-refractivity contribution < 1.29 is 9.63 Å². The second-order valence-electron chi connectivity index (χ2n) is 4.11. The van der Waals surface area contributed by atoms with Gasteiger partial charge in [-0.1, -0.05) is 42.5 Å². The van der Waals surface area contributed by atoms with Crippen LogP contribution in [0, 0.1) is 0 Å². The molecule has 98 valence electrons. The van der Waals surface area contributed by atoms with Crippen LogP contribution in [-0.2, 0) is 16.1 Å². The lowest BCUT2D eigenvalue weighted by Crippen LogP contribution is -2.24. The van der Waals surface area contributed by atoms with Crippen LogP contribution in [0.5, 0.6) is 0 Å². The van der Waals surface area contributed by atoms with E-state index in [2.05, 4.69) is 36.4 Å². The summed E-state index contributed by atoms with van der Waals surface area (Å²) in [6.45, 7) is 0. The van der Waals surface area contributed by atoms with Gasteiger partial charge in [-0.25, -0.2) is 5.06 Å². The van der Waals surface area contributed by atoms with E-state index in [1.54, 1.807) is 7.05 Å². The molecule has 0 bridgehead atoms. The smallest absolute Gasteiger partial charge is 0.246 e. The van der Waals surface area contributed by atoms with Crippen LogP contribution in [0.1, 0.15) is 24.8 Å². The lowest BCUT2D eigenvalue weighted by Gasteiger charge is -2.12. The number of hydrogen-bond donors (Lipinski definition) is 0. The highest BCUT2D eigenvalue weighted by Gasteiger charge is 2.04. The molecule has 0 N–H and O–H groups in total. The predicted molar refractivity (Wildman–Crippen MR) is 72.9 cm³/mol. The zero-order chi connectivity index (χ0) is 13.2. The molecular formula is C15H21NO2. The monoisotopic (exact) mass is 247 g/mol. The van der Waals surface area contributed by atoms with E-state index in [0.717, 1.165) is 19.3 Å². The number of benzene rings is 1. The van der Waals surface area contributed by atoms with Gasteiger partial charge in [0.15, 0.2) is 0 Å². The highest BCUT2D eigenvalue weighted by atomic mass is 16.7. The molecule has 0 heterocycles. The van der Waals surface area contributed by atoms with Gasteiger partial charge in [-0.3, -0.25) is 9.63 Å². The Balaban J connectivity index is 2.13. The summed E-state index contributed by atoms with van der Waals surface area (Å²) in [6, 6.07) is 10.4. The summed E-state index contributed by atoms with van der Waals surface area (Å²) in [5, 5.41) is 1.26. The van der Waals surface area contributed by atoms with Crippen molar-refractivity contribution in [2.24, 2.45) is 0 Å². The second kappa shape index (κ2) is 8.48. The fraction of sp³-hybridized carbons (Fsp3) is 0.400. The summed E-state index contributed by atoms with van der Waals surface area (Å²) in [7, 11) is 3.12. The standard InChI is InChI=1S/C15H21NO2/c1-16(18-2)15(17)13-9-4-3-6-10-14-11-7-5-8-12-14/h3-5,7-8,11-12H,6,9-10,13H2,1-2H3/b4-3-. The number of carbonyl (C=O) groups is 1. The number of carbonyl (C=O) groups excluding carboxylic acids is 1. The molecular weight excluding hydrogens is 226 g/mol. The van der Waals surface area contributed by atoms with Crippen molar-refractivity contribution in [3.8, 4) is 0 Å². The van der Waals surface area contributed by atoms with Gasteiger partial charge in [-0.15, -0.1) is 0 Å². The minimum Gasteiger partial charge on any atom is -0.275 e. The lowest BCUT2D eigenvalue weighted by molar-refractivity contribution is -0.168. The van der Waals surface area contributed by atoms with Gasteiger partial charge in [-0.05, 0) is 24.8 Å². The van der Waals surface area contributed by atoms with E-state index in [1.807, 2.05) is 6.07 Å². The predicted octanol–water partition coefficient (Wildman–Crippen LogP) is 2.98. The van der Waals surface area contributed by atoms with Crippen molar-refractivity contribution in [3.63, 3.8) is 0 Å². The fourth-order valence-electron chi connectivity index (χ4n) is 1.60. The summed E-state index contributed by atoms with van der Waals surface area (Å²) in [4.78, 5) is 16.2. The molecule has 18 heavy (non-hydrogen) atoms. The van der Waals surface area contributed by atoms with Crippen LogP contribution in [0.15, 0.2) is 42.5 Å². The first kappa shape index (κ1) is 14.5. The Morgan fingerprint density at radius 1 is 1.22 bits per heavy atom. The zero-order valence-corrected chi connectivity index (χ0v) is 11.1. The Labute approximate surface area is 109 Å². The fourth-order valence-corrected chi connectivity index (χ4v) is 1.60. The number of hydroxylamine groups is 2. The van der Waals surface area contributed by atoms with Gasteiger partial charge in [0.05, 0.1) is 7.11 Å². The molecule has 0 aliphatic rings. The molecule has 1 rings (SSSR count). The summed E-state index contributed by atoms with van der Waals surface area (Å²) >= 11 is 0. The van der Waals surface area contributed by atoms with Gasteiger partial charge in [0.25, 0.3) is 0 Å². The van der Waals surface area contributed by atoms with Gasteiger partial charge in [0.2, 0.25) is 5.91 Å². The molecule has 0 atom stereocenters. The SMILES string of the molecule is CON(C)C(=O)CC/C=C\CCc1ccccc1. The van der Waals surface area contributed by atoms with Crippen molar-refractivity contribution in [1.29, 1.82) is 0 Å². The molecule has 0 saturated heterocycles. The molecule has 0 saturated carbocycles. The van der Waals surface area contributed by atoms with Crippen LogP contribution in [0.25, 0.3) is 0 Å². The van der Waals surface area contributed by atoms with E-state index < -0.39 is 0 Å². The maximum atomic E-state index is 11.4. The van der Waals surface area contributed by atoms with E-state index in [-0.39, 0.29) is 5.91 Å². The highest BCUT2D eigenvalue weighted by molar-refractivity contribution is 5.74. The minimum absolute atomic E-state index is 0.00482. The molecule has 1 aromatic rings. The third kappa shape index (κ3) is 5.64. The van der Waals surface area contributed by atoms with Crippen LogP contribution in [0.3, 0.4) is 0 Å². The first-order valence-electron chi connectivity index (χ1n) is 6.23. The number of amides is 1. The van der Waals surface area contributed by atoms with Gasteiger partial charge in [-0.2, -0.15) is 0 Å². The first-order chi connectivity index (χ1) is 8.74. The van der Waals surface area contributed by atoms with Crippen LogP contribution in [0.2, 0.25) is 0 Å². The maximum absolute atomic E-state index is 11.4. The topological polar surface area (TPSA) is 29.5 Å². The summed E-state index contributed by atoms with van der Waals surface area (Å²) in [6.07, 6.45) is 7.51. The van der Waals surface area contributed by atoms with E-state index in [1.165, 1.54) is 17.7 Å². The first-order valence-corrected chi connectivity index (χ1v) is 6.23. The summed E-state index contributed by atoms with van der Waals surface area (Å²) < 4.78 is 0. The van der Waals surface area contributed by atoms with Crippen LogP contribution in [0.4, 0.5) is 0 Å². The molecule has 0 fully saturated rings. The average Bonchev–Trinajstić information content (AvgIpc) is 2.42. The van der Waals surface area contributed by atoms with Crippen molar-refractivity contribution in [3.05, 3.63) is 48.0 Å². The summed E-state index contributed by atoms with van der Waals surface area (Å²) in [5.74, 6) is 0.00482. The molecule has 0 radical (unpaired) electrons. The molecule has 0 spiro atoms. The molecule has 1 aromatic carbocycles. The molecule has 3 heteroatoms. The van der Waals surface area contributed by atoms with E-state index >= 15 is 0 Å². The van der Waals surface area contributed by atoms with Gasteiger partial charge >= 0.3 is 0 Å². The molecule has 1 amide bonds. The molecule has 0 aromatic heterocycles. The summed E-state index contributed by atoms with van der Waals surface area (Å²) in [5.41, 5.74) is 1.34. The number of aryl methyl sites for hydroxylation is 1. The van der Waals surface area contributed by atoms with E-state index in [9.17, 15) is 4.79 Å². The molecule has 3 nitrogen and oxygen atoms in total. The Morgan fingerprint density at radius 3 is 2.56 bits per heavy atom. The zero-order valence-electron chi connectivity index (χ0n) is 11.1. The maximum Gasteiger partial charge on any atom is 0.246 e. The lowest BCUT2D eigenvalue weighted by atomic mass is 10.1. The van der Waals surface area contributed by atoms with Crippen molar-refractivity contribution in [1.82, 2.24) is 5.06 Å². The molecule has 0 aliphatic carbocycles. The Bertz CT molecular complexity index is 373. The molecule has 0 unspecified atom stereocenters. The van der Waals surface area contributed by atoms with Crippen LogP contribution >= 0.6 is 0 Å². The van der Waals surface area contributed by atoms with Gasteiger partial charge in [0.1, 0.15) is 0 Å². The normalized spacial score (nSPS) is 10.8. The van der Waals surface area contributed by atoms with E-state index in [0.29, 0.717) is 6.42 Å². The number of rotatable bonds is 7. The average molecular weight is 247 g/mol. The van der Waals surface area contributed by atoms with Crippen molar-refractivity contribution in [2.45, 2.75) is 25.7 Å². The minimum atomic E-state index is 0.00482. The number of hydrogen-bond acceptors (Lipinski definition) is 2. The van der Waals surface area contributed by atoms with Crippen LogP contribution < -0.4 is 0 Å². The second-order valence-corrected chi connectivity index (χ2v) is 4.11. The quantitative estimate of drug-likeness (QED) is 0.547. The third-order valence-corrected chi connectivity index (χ3v) is 2.76. The number of nitrogens with zero attached hydrogens (tertiary/aromatic N) is 1. The Kier molecular flexibility index (Phi) is 6.81. The third-order valence-electron chi connectivity index (χ3n) is 2.76. The molecule has 0 aliphatic heterocycles.